The molecule has 0 rings (SSSR count). The Bertz CT molecular complexity index is 129. The van der Waals surface area contributed by atoms with Crippen LogP contribution in [0.5, 0.6) is 0 Å². The molecule has 0 aromatic rings. The molecule has 0 aliphatic carbocycles. The number of rotatable bonds is 9. The second kappa shape index (κ2) is 9.21. The van der Waals surface area contributed by atoms with E-state index in [1.807, 2.05) is 0 Å². The molecule has 1 heteroatoms. The zero-order valence-corrected chi connectivity index (χ0v) is 11.3. The standard InChI is InChI=1S/C14H31N/c1-5-14(6-2)13(4)12(3)10-8-7-9-11-15/h12-14H,5-11,15H2,1-4H3. The first-order chi connectivity index (χ1) is 7.17. The Hall–Kier alpha value is -0.0400. The zero-order chi connectivity index (χ0) is 11.7. The molecule has 0 bridgehead atoms. The van der Waals surface area contributed by atoms with Gasteiger partial charge in [-0.1, -0.05) is 59.8 Å². The lowest BCUT2D eigenvalue weighted by Crippen LogP contribution is -2.18. The molecule has 0 amide bonds. The Labute approximate surface area is 96.8 Å². The fourth-order valence-corrected chi connectivity index (χ4v) is 2.55. The van der Waals surface area contributed by atoms with Crippen LogP contribution in [0.3, 0.4) is 0 Å². The van der Waals surface area contributed by atoms with E-state index in [0.717, 1.165) is 24.3 Å². The summed E-state index contributed by atoms with van der Waals surface area (Å²) in [5.41, 5.74) is 5.50. The summed E-state index contributed by atoms with van der Waals surface area (Å²) in [7, 11) is 0. The Balaban J connectivity index is 3.71. The number of hydrogen-bond donors (Lipinski definition) is 1. The minimum absolute atomic E-state index is 0.858. The van der Waals surface area contributed by atoms with Crippen LogP contribution in [-0.4, -0.2) is 6.54 Å². The lowest BCUT2D eigenvalue weighted by atomic mass is 9.79. The van der Waals surface area contributed by atoms with E-state index in [9.17, 15) is 0 Å². The van der Waals surface area contributed by atoms with Crippen molar-refractivity contribution in [3.8, 4) is 0 Å². The molecule has 0 aromatic heterocycles. The van der Waals surface area contributed by atoms with E-state index in [1.54, 1.807) is 0 Å². The van der Waals surface area contributed by atoms with E-state index in [-0.39, 0.29) is 0 Å². The number of hydrogen-bond acceptors (Lipinski definition) is 1. The third kappa shape index (κ3) is 6.19. The average molecular weight is 213 g/mol. The highest BCUT2D eigenvalue weighted by Crippen LogP contribution is 2.29. The van der Waals surface area contributed by atoms with Gasteiger partial charge >= 0.3 is 0 Å². The summed E-state index contributed by atoms with van der Waals surface area (Å²) in [5.74, 6) is 2.69. The maximum absolute atomic E-state index is 5.50. The van der Waals surface area contributed by atoms with E-state index in [0.29, 0.717) is 0 Å². The van der Waals surface area contributed by atoms with Crippen molar-refractivity contribution in [3.05, 3.63) is 0 Å². The van der Waals surface area contributed by atoms with E-state index in [2.05, 4.69) is 27.7 Å². The van der Waals surface area contributed by atoms with Gasteiger partial charge in [0.05, 0.1) is 0 Å². The molecule has 1 nitrogen and oxygen atoms in total. The van der Waals surface area contributed by atoms with Crippen molar-refractivity contribution in [2.24, 2.45) is 23.5 Å². The zero-order valence-electron chi connectivity index (χ0n) is 11.3. The molecule has 0 heterocycles. The van der Waals surface area contributed by atoms with Gasteiger partial charge in [0.1, 0.15) is 0 Å². The minimum Gasteiger partial charge on any atom is -0.330 e. The third-order valence-electron chi connectivity index (χ3n) is 4.05. The maximum atomic E-state index is 5.50. The van der Waals surface area contributed by atoms with Crippen LogP contribution >= 0.6 is 0 Å². The Morgan fingerprint density at radius 1 is 0.933 bits per heavy atom. The highest BCUT2D eigenvalue weighted by Gasteiger charge is 2.19. The summed E-state index contributed by atoms with van der Waals surface area (Å²) >= 11 is 0. The van der Waals surface area contributed by atoms with Crippen LogP contribution in [0.1, 0.15) is 66.2 Å². The van der Waals surface area contributed by atoms with Crippen LogP contribution < -0.4 is 5.73 Å². The van der Waals surface area contributed by atoms with Crippen LogP contribution in [0, 0.1) is 17.8 Å². The van der Waals surface area contributed by atoms with Crippen molar-refractivity contribution in [1.82, 2.24) is 0 Å². The summed E-state index contributed by atoms with van der Waals surface area (Å²) in [6.45, 7) is 10.4. The fourth-order valence-electron chi connectivity index (χ4n) is 2.55. The fraction of sp³-hybridized carbons (Fsp3) is 1.00. The molecule has 2 unspecified atom stereocenters. The topological polar surface area (TPSA) is 26.0 Å². The quantitative estimate of drug-likeness (QED) is 0.570. The van der Waals surface area contributed by atoms with Gasteiger partial charge in [-0.15, -0.1) is 0 Å². The molecular weight excluding hydrogens is 182 g/mol. The predicted octanol–water partition coefficient (Wildman–Crippen LogP) is 4.21. The molecule has 92 valence electrons. The summed E-state index contributed by atoms with van der Waals surface area (Å²) in [6, 6.07) is 0. The van der Waals surface area contributed by atoms with Crippen molar-refractivity contribution in [2.45, 2.75) is 66.2 Å². The molecule has 0 aliphatic rings. The predicted molar refractivity (Wildman–Crippen MR) is 69.9 cm³/mol. The molecule has 0 saturated carbocycles. The van der Waals surface area contributed by atoms with Crippen molar-refractivity contribution in [1.29, 1.82) is 0 Å². The third-order valence-corrected chi connectivity index (χ3v) is 4.05. The number of unbranched alkanes of at least 4 members (excludes halogenated alkanes) is 2. The molecule has 0 fully saturated rings. The molecule has 0 spiro atoms. The first-order valence-electron chi connectivity index (χ1n) is 6.87. The monoisotopic (exact) mass is 213 g/mol. The van der Waals surface area contributed by atoms with Gasteiger partial charge in [-0.2, -0.15) is 0 Å². The van der Waals surface area contributed by atoms with Crippen LogP contribution in [0.4, 0.5) is 0 Å². The van der Waals surface area contributed by atoms with Crippen LogP contribution in [0.25, 0.3) is 0 Å². The van der Waals surface area contributed by atoms with Crippen molar-refractivity contribution >= 4 is 0 Å². The molecule has 0 aliphatic heterocycles. The van der Waals surface area contributed by atoms with Crippen LogP contribution in [0.2, 0.25) is 0 Å². The van der Waals surface area contributed by atoms with Crippen molar-refractivity contribution < 1.29 is 0 Å². The summed E-state index contributed by atoms with van der Waals surface area (Å²) < 4.78 is 0. The average Bonchev–Trinajstić information content (AvgIpc) is 2.25. The highest BCUT2D eigenvalue weighted by atomic mass is 14.5. The van der Waals surface area contributed by atoms with Gasteiger partial charge in [0.25, 0.3) is 0 Å². The van der Waals surface area contributed by atoms with Crippen molar-refractivity contribution in [2.75, 3.05) is 6.54 Å². The first-order valence-corrected chi connectivity index (χ1v) is 6.87. The van der Waals surface area contributed by atoms with Crippen LogP contribution in [0.15, 0.2) is 0 Å². The number of nitrogens with two attached hydrogens (primary N) is 1. The lowest BCUT2D eigenvalue weighted by Gasteiger charge is -2.27. The van der Waals surface area contributed by atoms with Gasteiger partial charge < -0.3 is 5.73 Å². The normalized spacial score (nSPS) is 15.6. The summed E-state index contributed by atoms with van der Waals surface area (Å²) in [4.78, 5) is 0. The summed E-state index contributed by atoms with van der Waals surface area (Å²) in [5, 5.41) is 0. The molecule has 0 radical (unpaired) electrons. The second-order valence-electron chi connectivity index (χ2n) is 5.05. The largest absolute Gasteiger partial charge is 0.330 e. The Kier molecular flexibility index (Phi) is 9.18. The molecule has 2 N–H and O–H groups in total. The van der Waals surface area contributed by atoms with Gasteiger partial charge in [-0.25, -0.2) is 0 Å². The van der Waals surface area contributed by atoms with Crippen molar-refractivity contribution in [3.63, 3.8) is 0 Å². The van der Waals surface area contributed by atoms with E-state index < -0.39 is 0 Å². The lowest BCUT2D eigenvalue weighted by molar-refractivity contribution is 0.233. The smallest absolute Gasteiger partial charge is 0.00773 e. The molecule has 0 aromatic carbocycles. The van der Waals surface area contributed by atoms with Crippen LogP contribution in [-0.2, 0) is 0 Å². The highest BCUT2D eigenvalue weighted by molar-refractivity contribution is 4.69. The molecule has 2 atom stereocenters. The van der Waals surface area contributed by atoms with Gasteiger partial charge in [0.15, 0.2) is 0 Å². The Morgan fingerprint density at radius 3 is 2.00 bits per heavy atom. The second-order valence-corrected chi connectivity index (χ2v) is 5.05. The van der Waals surface area contributed by atoms with E-state index in [4.69, 9.17) is 5.73 Å². The molecule has 15 heavy (non-hydrogen) atoms. The molecular formula is C14H31N. The van der Waals surface area contributed by atoms with Gasteiger partial charge in [-0.3, -0.25) is 0 Å². The Morgan fingerprint density at radius 2 is 1.53 bits per heavy atom. The molecule has 0 saturated heterocycles. The van der Waals surface area contributed by atoms with E-state index >= 15 is 0 Å². The first kappa shape index (κ1) is 15.0. The maximum Gasteiger partial charge on any atom is -0.00773 e. The van der Waals surface area contributed by atoms with Gasteiger partial charge in [0.2, 0.25) is 0 Å². The van der Waals surface area contributed by atoms with E-state index in [1.165, 1.54) is 38.5 Å². The minimum atomic E-state index is 0.858. The SMILES string of the molecule is CCC(CC)C(C)C(C)CCCCCN. The van der Waals surface area contributed by atoms with Gasteiger partial charge in [-0.05, 0) is 30.7 Å². The summed E-state index contributed by atoms with van der Waals surface area (Å²) in [6.07, 6.45) is 7.94. The van der Waals surface area contributed by atoms with Gasteiger partial charge in [0, 0.05) is 0 Å².